The maximum Gasteiger partial charge on any atom is 0.372 e. The van der Waals surface area contributed by atoms with Gasteiger partial charge in [0.15, 0.2) is 11.6 Å². The number of carbonyl (C=O) groups is 1. The topological polar surface area (TPSA) is 78.5 Å². The number of carbonyl (C=O) groups excluding carboxylic acids is 1. The van der Waals surface area contributed by atoms with E-state index in [0.717, 1.165) is 9.36 Å². The summed E-state index contributed by atoms with van der Waals surface area (Å²) in [5, 5.41) is 7.84. The highest BCUT2D eigenvalue weighted by Crippen LogP contribution is 2.52. The van der Waals surface area contributed by atoms with E-state index in [9.17, 15) is 4.79 Å². The summed E-state index contributed by atoms with van der Waals surface area (Å²) < 4.78 is -2.46. The predicted molar refractivity (Wildman–Crippen MR) is 88.5 cm³/mol. The molecule has 0 fully saturated rings. The van der Waals surface area contributed by atoms with Gasteiger partial charge in [-0.15, -0.1) is 5.10 Å². The van der Waals surface area contributed by atoms with Crippen LogP contribution in [0.5, 0.6) is 0 Å². The average molecular weight is 421 g/mol. The second-order valence-electron chi connectivity index (χ2n) is 5.06. The number of alkyl halides is 5. The molecular weight excluding hydrogens is 409 g/mol. The van der Waals surface area contributed by atoms with Crippen LogP contribution in [0.4, 0.5) is 4.79 Å². The van der Waals surface area contributed by atoms with Gasteiger partial charge < -0.3 is 0 Å². The van der Waals surface area contributed by atoms with Gasteiger partial charge in [0.25, 0.3) is 0 Å². The molecule has 12 heteroatoms. The Morgan fingerprint density at radius 3 is 2.39 bits per heavy atom. The molecule has 0 unspecified atom stereocenters. The van der Waals surface area contributed by atoms with Crippen molar-refractivity contribution >= 4 is 64.0 Å². The quantitative estimate of drug-likeness (QED) is 0.709. The number of nitrogens with zero attached hydrogens (tertiary/aromatic N) is 6. The van der Waals surface area contributed by atoms with Crippen molar-refractivity contribution in [1.29, 1.82) is 0 Å². The maximum absolute atomic E-state index is 12.5. The molecule has 7 nitrogen and oxygen atoms in total. The highest BCUT2D eigenvalue weighted by Gasteiger charge is 2.52. The van der Waals surface area contributed by atoms with E-state index < -0.39 is 14.2 Å². The highest BCUT2D eigenvalue weighted by molar-refractivity contribution is 6.75. The van der Waals surface area contributed by atoms with Gasteiger partial charge >= 0.3 is 6.03 Å². The molecule has 0 aromatic carbocycles. The van der Waals surface area contributed by atoms with E-state index in [0.29, 0.717) is 12.2 Å². The first-order valence-electron chi connectivity index (χ1n) is 6.34. The Morgan fingerprint density at radius 2 is 1.91 bits per heavy atom. The van der Waals surface area contributed by atoms with Crippen molar-refractivity contribution in [2.75, 3.05) is 0 Å². The zero-order chi connectivity index (χ0) is 17.4. The molecule has 0 N–H and O–H groups in total. The summed E-state index contributed by atoms with van der Waals surface area (Å²) in [6, 6.07) is -0.708. The molecule has 0 saturated carbocycles. The van der Waals surface area contributed by atoms with E-state index in [2.05, 4.69) is 20.2 Å². The van der Waals surface area contributed by atoms with Gasteiger partial charge in [-0.3, -0.25) is 0 Å². The molecule has 0 aliphatic rings. The summed E-state index contributed by atoms with van der Waals surface area (Å²) >= 11 is 29.7. The molecule has 0 aliphatic heterocycles. The largest absolute Gasteiger partial charge is 0.372 e. The van der Waals surface area contributed by atoms with Crippen molar-refractivity contribution in [1.82, 2.24) is 29.5 Å². The Labute approximate surface area is 156 Å². The number of rotatable bonds is 3. The summed E-state index contributed by atoms with van der Waals surface area (Å²) in [5.74, 6) is 0.355. The monoisotopic (exact) mass is 418 g/mol. The fraction of sp³-hybridized carbons (Fsp3) is 0.545. The lowest BCUT2D eigenvalue weighted by Crippen LogP contribution is -2.35. The average Bonchev–Trinajstić information content (AvgIpc) is 3.04. The molecular formula is C11H11Cl5N6O. The van der Waals surface area contributed by atoms with Crippen LogP contribution >= 0.6 is 58.0 Å². The molecule has 0 aliphatic carbocycles. The Balaban J connectivity index is 2.55. The first kappa shape index (κ1) is 18.7. The number of halogens is 5. The van der Waals surface area contributed by atoms with Gasteiger partial charge in [-0.1, -0.05) is 71.9 Å². The van der Waals surface area contributed by atoms with Crippen LogP contribution in [0, 0.1) is 5.92 Å². The highest BCUT2D eigenvalue weighted by atomic mass is 35.6. The summed E-state index contributed by atoms with van der Waals surface area (Å²) in [7, 11) is 0. The van der Waals surface area contributed by atoms with E-state index in [1.54, 1.807) is 0 Å². The molecule has 2 rings (SSSR count). The van der Waals surface area contributed by atoms with Crippen LogP contribution < -0.4 is 0 Å². The molecule has 0 bridgehead atoms. The molecule has 2 aromatic rings. The third-order valence-electron chi connectivity index (χ3n) is 2.67. The summed E-state index contributed by atoms with van der Waals surface area (Å²) in [6.07, 6.45) is 2.86. The zero-order valence-electron chi connectivity index (χ0n) is 11.9. The number of aromatic nitrogens is 6. The minimum atomic E-state index is -2.14. The van der Waals surface area contributed by atoms with E-state index in [1.165, 1.54) is 12.7 Å². The van der Waals surface area contributed by atoms with Gasteiger partial charge in [0.05, 0.1) is 0 Å². The number of hydrogen-bond donors (Lipinski definition) is 0. The molecule has 0 atom stereocenters. The molecule has 2 heterocycles. The van der Waals surface area contributed by atoms with Crippen LogP contribution in [0.1, 0.15) is 25.5 Å². The fourth-order valence-electron chi connectivity index (χ4n) is 1.67. The SMILES string of the molecule is CC(C)Cc1nc(C(Cl)(Cl)C(Cl)(Cl)Cl)n(C(=O)n2cncn2)n1. The number of hydrogen-bond acceptors (Lipinski definition) is 5. The summed E-state index contributed by atoms with van der Waals surface area (Å²) in [6.45, 7) is 3.92. The summed E-state index contributed by atoms with van der Waals surface area (Å²) in [4.78, 5) is 20.3. The Morgan fingerprint density at radius 1 is 1.26 bits per heavy atom. The molecule has 2 aromatic heterocycles. The molecule has 0 amide bonds. The van der Waals surface area contributed by atoms with Gasteiger partial charge in [-0.2, -0.15) is 14.5 Å². The molecule has 0 spiro atoms. The molecule has 0 saturated heterocycles. The summed E-state index contributed by atoms with van der Waals surface area (Å²) in [5.41, 5.74) is 0. The third kappa shape index (κ3) is 3.91. The van der Waals surface area contributed by atoms with Crippen LogP contribution in [0.15, 0.2) is 12.7 Å². The van der Waals surface area contributed by atoms with Gasteiger partial charge in [0.2, 0.25) is 8.13 Å². The van der Waals surface area contributed by atoms with Crippen LogP contribution in [-0.2, 0) is 10.8 Å². The van der Waals surface area contributed by atoms with Crippen molar-refractivity contribution in [3.05, 3.63) is 24.3 Å². The van der Waals surface area contributed by atoms with Crippen molar-refractivity contribution in [2.45, 2.75) is 28.4 Å². The first-order chi connectivity index (χ1) is 10.5. The normalized spacial score (nSPS) is 12.9. The van der Waals surface area contributed by atoms with Crippen LogP contribution in [0.25, 0.3) is 0 Å². The predicted octanol–water partition coefficient (Wildman–Crippen LogP) is 3.59. The van der Waals surface area contributed by atoms with Crippen molar-refractivity contribution in [2.24, 2.45) is 5.92 Å². The second-order valence-corrected chi connectivity index (χ2v) is 8.66. The van der Waals surface area contributed by atoms with Crippen molar-refractivity contribution in [3.8, 4) is 0 Å². The van der Waals surface area contributed by atoms with E-state index in [1.807, 2.05) is 13.8 Å². The van der Waals surface area contributed by atoms with Gasteiger partial charge in [-0.05, 0) is 5.92 Å². The van der Waals surface area contributed by atoms with Crippen LogP contribution in [0.3, 0.4) is 0 Å². The molecule has 126 valence electrons. The lowest BCUT2D eigenvalue weighted by Gasteiger charge is -2.25. The molecule has 0 radical (unpaired) electrons. The van der Waals surface area contributed by atoms with Crippen molar-refractivity contribution < 1.29 is 4.79 Å². The lowest BCUT2D eigenvalue weighted by molar-refractivity contribution is 0.237. The van der Waals surface area contributed by atoms with Crippen molar-refractivity contribution in [3.63, 3.8) is 0 Å². The minimum absolute atomic E-state index is 0.211. The van der Waals surface area contributed by atoms with Gasteiger partial charge in [0, 0.05) is 6.42 Å². The van der Waals surface area contributed by atoms with Crippen LogP contribution in [-0.4, -0.2) is 39.4 Å². The van der Waals surface area contributed by atoms with Gasteiger partial charge in [-0.25, -0.2) is 14.8 Å². The second kappa shape index (κ2) is 6.72. The van der Waals surface area contributed by atoms with E-state index in [4.69, 9.17) is 58.0 Å². The minimum Gasteiger partial charge on any atom is -0.243 e. The Hall–Kier alpha value is -0.600. The third-order valence-corrected chi connectivity index (χ3v) is 5.01. The fourth-order valence-corrected chi connectivity index (χ4v) is 2.17. The first-order valence-corrected chi connectivity index (χ1v) is 8.23. The smallest absolute Gasteiger partial charge is 0.243 e. The van der Waals surface area contributed by atoms with E-state index in [-0.39, 0.29) is 11.7 Å². The molecule has 23 heavy (non-hydrogen) atoms. The lowest BCUT2D eigenvalue weighted by atomic mass is 10.1. The Kier molecular flexibility index (Phi) is 5.48. The van der Waals surface area contributed by atoms with Gasteiger partial charge in [0.1, 0.15) is 12.7 Å². The maximum atomic E-state index is 12.5. The van der Waals surface area contributed by atoms with E-state index >= 15 is 0 Å². The Bertz CT molecular complexity index is 690. The zero-order valence-corrected chi connectivity index (χ0v) is 15.7. The van der Waals surface area contributed by atoms with Crippen LogP contribution in [0.2, 0.25) is 0 Å². The standard InChI is InChI=1S/C11H11Cl5N6O/c1-6(2)3-7-19-8(10(12,13)11(14,15)16)22(20-7)9(23)21-5-17-4-18-21/h4-6H,3H2,1-2H3.